The van der Waals surface area contributed by atoms with Crippen LogP contribution in [-0.2, 0) is 9.59 Å². The number of rotatable bonds is 3. The topological polar surface area (TPSA) is 81.8 Å². The van der Waals surface area contributed by atoms with Crippen molar-refractivity contribution in [2.24, 2.45) is 0 Å². The molecule has 0 aromatic heterocycles. The van der Waals surface area contributed by atoms with Crippen molar-refractivity contribution in [3.05, 3.63) is 0 Å². The zero-order chi connectivity index (χ0) is 15.4. The summed E-state index contributed by atoms with van der Waals surface area (Å²) in [5.41, 5.74) is 0. The summed E-state index contributed by atoms with van der Waals surface area (Å²) in [5, 5.41) is 5.13. The van der Waals surface area contributed by atoms with Crippen molar-refractivity contribution >= 4 is 17.8 Å². The predicted molar refractivity (Wildman–Crippen MR) is 77.6 cm³/mol. The quantitative estimate of drug-likeness (QED) is 0.763. The highest BCUT2D eigenvalue weighted by molar-refractivity contribution is 5.97. The first-order valence-corrected chi connectivity index (χ1v) is 7.58. The van der Waals surface area contributed by atoms with E-state index in [-0.39, 0.29) is 23.9 Å². The lowest BCUT2D eigenvalue weighted by molar-refractivity contribution is -0.128. The third-order valence-electron chi connectivity index (χ3n) is 4.05. The van der Waals surface area contributed by atoms with Crippen molar-refractivity contribution in [1.29, 1.82) is 0 Å². The Morgan fingerprint density at radius 3 is 2.43 bits per heavy atom. The molecule has 1 heterocycles. The molecule has 7 nitrogen and oxygen atoms in total. The largest absolute Gasteiger partial charge is 0.342 e. The van der Waals surface area contributed by atoms with E-state index in [1.54, 1.807) is 18.7 Å². The summed E-state index contributed by atoms with van der Waals surface area (Å²) in [6.45, 7) is 6.11. The normalized spacial score (nSPS) is 21.3. The lowest BCUT2D eigenvalue weighted by Crippen LogP contribution is -2.50. The number of urea groups is 1. The first-order chi connectivity index (χ1) is 9.97. The Hall–Kier alpha value is -1.63. The van der Waals surface area contributed by atoms with Crippen LogP contribution in [0.25, 0.3) is 0 Å². The minimum atomic E-state index is -0.408. The molecule has 0 aromatic carbocycles. The lowest BCUT2D eigenvalue weighted by atomic mass is 10.2. The third-order valence-corrected chi connectivity index (χ3v) is 4.05. The fourth-order valence-electron chi connectivity index (χ4n) is 2.47. The van der Waals surface area contributed by atoms with Gasteiger partial charge in [-0.3, -0.25) is 19.8 Å². The number of nitrogens with zero attached hydrogens (tertiary/aromatic N) is 2. The van der Waals surface area contributed by atoms with Crippen molar-refractivity contribution in [3.63, 3.8) is 0 Å². The Morgan fingerprint density at radius 1 is 1.10 bits per heavy atom. The van der Waals surface area contributed by atoms with E-state index in [4.69, 9.17) is 0 Å². The highest BCUT2D eigenvalue weighted by atomic mass is 16.2. The van der Waals surface area contributed by atoms with Crippen LogP contribution in [-0.4, -0.2) is 65.9 Å². The van der Waals surface area contributed by atoms with Gasteiger partial charge in [-0.05, 0) is 26.2 Å². The van der Waals surface area contributed by atoms with Gasteiger partial charge in [-0.2, -0.15) is 0 Å². The molecule has 1 aliphatic carbocycles. The summed E-state index contributed by atoms with van der Waals surface area (Å²) in [6.07, 6.45) is 2.82. The maximum atomic E-state index is 12.1. The van der Waals surface area contributed by atoms with Crippen molar-refractivity contribution in [2.45, 2.75) is 45.2 Å². The second-order valence-corrected chi connectivity index (χ2v) is 5.81. The van der Waals surface area contributed by atoms with E-state index in [2.05, 4.69) is 10.6 Å². The van der Waals surface area contributed by atoms with Crippen LogP contribution in [0, 0.1) is 0 Å². The van der Waals surface area contributed by atoms with Crippen LogP contribution in [0.5, 0.6) is 0 Å². The van der Waals surface area contributed by atoms with Crippen molar-refractivity contribution in [1.82, 2.24) is 20.4 Å². The minimum Gasteiger partial charge on any atom is -0.342 e. The molecule has 1 atom stereocenters. The average molecular weight is 296 g/mol. The van der Waals surface area contributed by atoms with Crippen LogP contribution in [0.4, 0.5) is 4.79 Å². The molecule has 2 aliphatic rings. The predicted octanol–water partition coefficient (Wildman–Crippen LogP) is -0.0827. The van der Waals surface area contributed by atoms with Gasteiger partial charge in [0.25, 0.3) is 0 Å². The molecule has 1 saturated carbocycles. The number of nitrogens with one attached hydrogen (secondary N) is 2. The van der Waals surface area contributed by atoms with Gasteiger partial charge in [0.2, 0.25) is 11.8 Å². The molecule has 1 saturated heterocycles. The summed E-state index contributed by atoms with van der Waals surface area (Å²) >= 11 is 0. The molecule has 2 fully saturated rings. The smallest absolute Gasteiger partial charge is 0.321 e. The van der Waals surface area contributed by atoms with E-state index in [0.717, 1.165) is 32.4 Å². The van der Waals surface area contributed by atoms with Crippen LogP contribution in [0.1, 0.15) is 33.1 Å². The number of carbonyl (C=O) groups is 3. The van der Waals surface area contributed by atoms with Gasteiger partial charge in [0, 0.05) is 39.1 Å². The highest BCUT2D eigenvalue weighted by Crippen LogP contribution is 2.18. The Morgan fingerprint density at radius 2 is 1.81 bits per heavy atom. The van der Waals surface area contributed by atoms with Gasteiger partial charge in [-0.25, -0.2) is 4.79 Å². The molecule has 4 amide bonds. The van der Waals surface area contributed by atoms with Gasteiger partial charge in [0.05, 0.1) is 6.04 Å². The monoisotopic (exact) mass is 296 g/mol. The van der Waals surface area contributed by atoms with Crippen LogP contribution < -0.4 is 10.6 Å². The number of hydrogen-bond donors (Lipinski definition) is 2. The molecule has 21 heavy (non-hydrogen) atoms. The third kappa shape index (κ3) is 4.70. The van der Waals surface area contributed by atoms with Crippen molar-refractivity contribution < 1.29 is 14.4 Å². The first-order valence-electron chi connectivity index (χ1n) is 7.58. The number of carbonyl (C=O) groups excluding carboxylic acids is 3. The van der Waals surface area contributed by atoms with Crippen molar-refractivity contribution in [2.75, 3.05) is 26.2 Å². The maximum Gasteiger partial charge on any atom is 0.321 e. The molecule has 0 aromatic rings. The Bertz CT molecular complexity index is 422. The van der Waals surface area contributed by atoms with Crippen LogP contribution in [0.3, 0.4) is 0 Å². The van der Waals surface area contributed by atoms with E-state index < -0.39 is 6.03 Å². The molecule has 1 unspecified atom stereocenters. The van der Waals surface area contributed by atoms with Gasteiger partial charge in [0.1, 0.15) is 0 Å². The minimum absolute atomic E-state index is 0.0674. The standard InChI is InChI=1S/C14H24N4O3/c1-10(13(20)16-14(21)15-12-4-5-12)17-6-3-7-18(9-8-17)11(2)19/h10,12H,3-9H2,1-2H3,(H2,15,16,20,21). The molecule has 2 rings (SSSR count). The SMILES string of the molecule is CC(=O)N1CCCN(C(C)C(=O)NC(=O)NC2CC2)CC1. The van der Waals surface area contributed by atoms with E-state index in [1.807, 2.05) is 4.90 Å². The molecule has 0 radical (unpaired) electrons. The molecule has 2 N–H and O–H groups in total. The lowest BCUT2D eigenvalue weighted by Gasteiger charge is -2.26. The first kappa shape index (κ1) is 15.8. The van der Waals surface area contributed by atoms with Crippen LogP contribution in [0.15, 0.2) is 0 Å². The molecule has 0 spiro atoms. The van der Waals surface area contributed by atoms with Gasteiger partial charge < -0.3 is 10.2 Å². The van der Waals surface area contributed by atoms with E-state index >= 15 is 0 Å². The van der Waals surface area contributed by atoms with Gasteiger partial charge in [-0.1, -0.05) is 0 Å². The molecular weight excluding hydrogens is 272 g/mol. The zero-order valence-electron chi connectivity index (χ0n) is 12.7. The second kappa shape index (κ2) is 6.89. The zero-order valence-corrected chi connectivity index (χ0v) is 12.7. The number of hydrogen-bond acceptors (Lipinski definition) is 4. The summed E-state index contributed by atoms with van der Waals surface area (Å²) < 4.78 is 0. The van der Waals surface area contributed by atoms with Gasteiger partial charge >= 0.3 is 6.03 Å². The molecule has 7 heteroatoms. The summed E-state index contributed by atoms with van der Waals surface area (Å²) in [6, 6.07) is -0.549. The Labute approximate surface area is 125 Å². The summed E-state index contributed by atoms with van der Waals surface area (Å²) in [5.74, 6) is -0.220. The van der Waals surface area contributed by atoms with E-state index in [0.29, 0.717) is 13.1 Å². The van der Waals surface area contributed by atoms with Crippen molar-refractivity contribution in [3.8, 4) is 0 Å². The Balaban J connectivity index is 1.80. The fraction of sp³-hybridized carbons (Fsp3) is 0.786. The Kier molecular flexibility index (Phi) is 5.17. The molecule has 0 bridgehead atoms. The van der Waals surface area contributed by atoms with E-state index in [9.17, 15) is 14.4 Å². The average Bonchev–Trinajstić information content (AvgIpc) is 3.23. The summed E-state index contributed by atoms with van der Waals surface area (Å²) in [4.78, 5) is 38.9. The van der Waals surface area contributed by atoms with Crippen LogP contribution >= 0.6 is 0 Å². The number of imide groups is 1. The van der Waals surface area contributed by atoms with Crippen LogP contribution in [0.2, 0.25) is 0 Å². The molecule has 118 valence electrons. The molecular formula is C14H24N4O3. The fourth-order valence-corrected chi connectivity index (χ4v) is 2.47. The molecule has 1 aliphatic heterocycles. The number of amides is 4. The van der Waals surface area contributed by atoms with E-state index in [1.165, 1.54) is 0 Å². The summed E-state index contributed by atoms with van der Waals surface area (Å²) in [7, 11) is 0. The second-order valence-electron chi connectivity index (χ2n) is 5.81. The van der Waals surface area contributed by atoms with Gasteiger partial charge in [0.15, 0.2) is 0 Å². The highest BCUT2D eigenvalue weighted by Gasteiger charge is 2.28. The maximum absolute atomic E-state index is 12.1. The van der Waals surface area contributed by atoms with Gasteiger partial charge in [-0.15, -0.1) is 0 Å².